The molecule has 1 aromatic carbocycles. The number of aromatic amines is 1. The minimum atomic E-state index is -2.02. The van der Waals surface area contributed by atoms with Gasteiger partial charge < -0.3 is 5.32 Å². The average Bonchev–Trinajstić information content (AvgIpc) is 2.91. The Balaban J connectivity index is 2.20. The molecule has 2 aromatic rings. The van der Waals surface area contributed by atoms with Gasteiger partial charge in [0.15, 0.2) is 23.3 Å². The van der Waals surface area contributed by atoms with Crippen molar-refractivity contribution in [1.82, 2.24) is 15.5 Å². The van der Waals surface area contributed by atoms with Gasteiger partial charge in [0, 0.05) is 18.3 Å². The van der Waals surface area contributed by atoms with Gasteiger partial charge >= 0.3 is 0 Å². The molecule has 0 radical (unpaired) electrons. The molecule has 0 saturated carbocycles. The summed E-state index contributed by atoms with van der Waals surface area (Å²) >= 11 is 0. The summed E-state index contributed by atoms with van der Waals surface area (Å²) in [4.78, 5) is 11.5. The third-order valence-electron chi connectivity index (χ3n) is 2.36. The van der Waals surface area contributed by atoms with E-state index in [4.69, 9.17) is 0 Å². The minimum absolute atomic E-state index is 0.0185. The number of benzene rings is 1. The van der Waals surface area contributed by atoms with Crippen LogP contribution in [-0.4, -0.2) is 16.1 Å². The van der Waals surface area contributed by atoms with Gasteiger partial charge in [0.25, 0.3) is 5.91 Å². The van der Waals surface area contributed by atoms with Crippen LogP contribution in [0.15, 0.2) is 18.5 Å². The predicted molar refractivity (Wildman–Crippen MR) is 56.0 cm³/mol. The number of aromatic nitrogens is 2. The molecule has 0 aliphatic heterocycles. The van der Waals surface area contributed by atoms with Crippen LogP contribution in [0.4, 0.5) is 17.6 Å². The van der Waals surface area contributed by atoms with Crippen molar-refractivity contribution in [2.45, 2.75) is 6.54 Å². The van der Waals surface area contributed by atoms with Crippen LogP contribution in [-0.2, 0) is 6.54 Å². The molecule has 0 atom stereocenters. The fraction of sp³-hybridized carbons (Fsp3) is 0.0909. The second-order valence-electron chi connectivity index (χ2n) is 3.64. The van der Waals surface area contributed by atoms with E-state index in [1.165, 1.54) is 12.4 Å². The van der Waals surface area contributed by atoms with Gasteiger partial charge in [-0.15, -0.1) is 0 Å². The number of nitrogens with zero attached hydrogens (tertiary/aromatic N) is 1. The van der Waals surface area contributed by atoms with Gasteiger partial charge in [-0.3, -0.25) is 9.89 Å². The molecule has 0 unspecified atom stereocenters. The highest BCUT2D eigenvalue weighted by Crippen LogP contribution is 2.18. The van der Waals surface area contributed by atoms with Crippen molar-refractivity contribution >= 4 is 5.91 Å². The molecule has 0 bridgehead atoms. The maximum Gasteiger partial charge on any atom is 0.254 e. The lowest BCUT2D eigenvalue weighted by Gasteiger charge is -2.06. The maximum absolute atomic E-state index is 13.3. The van der Waals surface area contributed by atoms with Gasteiger partial charge in [-0.2, -0.15) is 5.10 Å². The highest BCUT2D eigenvalue weighted by atomic mass is 19.2. The zero-order valence-corrected chi connectivity index (χ0v) is 9.31. The van der Waals surface area contributed by atoms with E-state index in [2.05, 4.69) is 15.5 Å². The van der Waals surface area contributed by atoms with Crippen molar-refractivity contribution in [2.75, 3.05) is 0 Å². The summed E-state index contributed by atoms with van der Waals surface area (Å²) in [5.41, 5.74) is -0.322. The number of halogens is 4. The molecule has 100 valence electrons. The monoisotopic (exact) mass is 273 g/mol. The molecule has 8 heteroatoms. The molecule has 0 aliphatic rings. The lowest BCUT2D eigenvalue weighted by Crippen LogP contribution is -2.24. The first kappa shape index (κ1) is 13.1. The molecule has 1 aromatic heterocycles. The number of nitrogens with one attached hydrogen (secondary N) is 2. The van der Waals surface area contributed by atoms with E-state index in [0.717, 1.165) is 0 Å². The summed E-state index contributed by atoms with van der Waals surface area (Å²) in [6.45, 7) is -0.0185. The van der Waals surface area contributed by atoms with Crippen LogP contribution in [0.1, 0.15) is 15.9 Å². The van der Waals surface area contributed by atoms with E-state index in [9.17, 15) is 22.4 Å². The number of carbonyl (C=O) groups is 1. The van der Waals surface area contributed by atoms with Gasteiger partial charge in [-0.1, -0.05) is 0 Å². The maximum atomic E-state index is 13.3. The SMILES string of the molecule is O=C(NCc1cn[nH]c1)c1cc(F)c(F)c(F)c1F. The largest absolute Gasteiger partial charge is 0.348 e. The molecule has 0 saturated heterocycles. The molecule has 4 nitrogen and oxygen atoms in total. The quantitative estimate of drug-likeness (QED) is 0.510. The van der Waals surface area contributed by atoms with Gasteiger partial charge in [0.1, 0.15) is 0 Å². The lowest BCUT2D eigenvalue weighted by molar-refractivity contribution is 0.0945. The summed E-state index contributed by atoms with van der Waals surface area (Å²) in [5.74, 6) is -8.40. The van der Waals surface area contributed by atoms with E-state index >= 15 is 0 Å². The molecular formula is C11H7F4N3O. The first-order valence-electron chi connectivity index (χ1n) is 5.09. The zero-order chi connectivity index (χ0) is 14.0. The van der Waals surface area contributed by atoms with E-state index in [-0.39, 0.29) is 6.54 Å². The first-order valence-corrected chi connectivity index (χ1v) is 5.09. The topological polar surface area (TPSA) is 57.8 Å². The van der Waals surface area contributed by atoms with E-state index in [1.807, 2.05) is 0 Å². The van der Waals surface area contributed by atoms with Crippen molar-refractivity contribution in [3.8, 4) is 0 Å². The Morgan fingerprint density at radius 3 is 2.58 bits per heavy atom. The molecule has 2 rings (SSSR count). The molecule has 0 fully saturated rings. The predicted octanol–water partition coefficient (Wildman–Crippen LogP) is 1.90. The summed E-state index contributed by atoms with van der Waals surface area (Å²) in [6.07, 6.45) is 2.88. The van der Waals surface area contributed by atoms with Crippen LogP contribution < -0.4 is 5.32 Å². The van der Waals surface area contributed by atoms with Crippen molar-refractivity contribution in [3.63, 3.8) is 0 Å². The van der Waals surface area contributed by atoms with Crippen molar-refractivity contribution in [2.24, 2.45) is 0 Å². The third kappa shape index (κ3) is 2.56. The second kappa shape index (κ2) is 5.09. The van der Waals surface area contributed by atoms with Crippen molar-refractivity contribution in [1.29, 1.82) is 0 Å². The summed E-state index contributed by atoms with van der Waals surface area (Å²) in [6, 6.07) is 0.304. The number of hydrogen-bond acceptors (Lipinski definition) is 2. The molecule has 1 amide bonds. The standard InChI is InChI=1S/C11H7F4N3O/c12-7-1-6(8(13)10(15)9(7)14)11(19)16-2-5-3-17-18-4-5/h1,3-4H,2H2,(H,16,19)(H,17,18). The summed E-state index contributed by atoms with van der Waals surface area (Å²) in [5, 5.41) is 8.32. The van der Waals surface area contributed by atoms with Gasteiger partial charge in [-0.05, 0) is 6.07 Å². The summed E-state index contributed by atoms with van der Waals surface area (Å²) < 4.78 is 51.9. The normalized spacial score (nSPS) is 10.5. The Morgan fingerprint density at radius 2 is 1.95 bits per heavy atom. The van der Waals surface area contributed by atoms with Crippen LogP contribution in [0.25, 0.3) is 0 Å². The van der Waals surface area contributed by atoms with Crippen LogP contribution in [0, 0.1) is 23.3 Å². The number of hydrogen-bond donors (Lipinski definition) is 2. The Hall–Kier alpha value is -2.38. The highest BCUT2D eigenvalue weighted by molar-refractivity contribution is 5.94. The fourth-order valence-electron chi connectivity index (χ4n) is 1.39. The Bertz CT molecular complexity index is 613. The molecule has 0 spiro atoms. The Kier molecular flexibility index (Phi) is 3.50. The van der Waals surface area contributed by atoms with Crippen LogP contribution >= 0.6 is 0 Å². The Labute approximate surface area is 104 Å². The van der Waals surface area contributed by atoms with Crippen molar-refractivity contribution < 1.29 is 22.4 Å². The van der Waals surface area contributed by atoms with Crippen LogP contribution in [0.3, 0.4) is 0 Å². The highest BCUT2D eigenvalue weighted by Gasteiger charge is 2.22. The first-order chi connectivity index (χ1) is 9.00. The number of amides is 1. The number of rotatable bonds is 3. The van der Waals surface area contributed by atoms with Crippen LogP contribution in [0.2, 0.25) is 0 Å². The molecule has 1 heterocycles. The van der Waals surface area contributed by atoms with E-state index < -0.39 is 34.7 Å². The number of H-pyrrole nitrogens is 1. The molecule has 19 heavy (non-hydrogen) atoms. The van der Waals surface area contributed by atoms with E-state index in [0.29, 0.717) is 11.6 Å². The lowest BCUT2D eigenvalue weighted by atomic mass is 10.1. The third-order valence-corrected chi connectivity index (χ3v) is 2.36. The Morgan fingerprint density at radius 1 is 1.21 bits per heavy atom. The molecule has 2 N–H and O–H groups in total. The fourth-order valence-corrected chi connectivity index (χ4v) is 1.39. The molecular weight excluding hydrogens is 266 g/mol. The zero-order valence-electron chi connectivity index (χ0n) is 9.31. The van der Waals surface area contributed by atoms with E-state index in [1.54, 1.807) is 0 Å². The minimum Gasteiger partial charge on any atom is -0.348 e. The molecule has 0 aliphatic carbocycles. The van der Waals surface area contributed by atoms with Crippen molar-refractivity contribution in [3.05, 3.63) is 52.9 Å². The van der Waals surface area contributed by atoms with Gasteiger partial charge in [0.2, 0.25) is 0 Å². The second-order valence-corrected chi connectivity index (χ2v) is 3.64. The van der Waals surface area contributed by atoms with Gasteiger partial charge in [-0.25, -0.2) is 17.6 Å². The number of carbonyl (C=O) groups excluding carboxylic acids is 1. The average molecular weight is 273 g/mol. The summed E-state index contributed by atoms with van der Waals surface area (Å²) in [7, 11) is 0. The van der Waals surface area contributed by atoms with Gasteiger partial charge in [0.05, 0.1) is 11.8 Å². The smallest absolute Gasteiger partial charge is 0.254 e. The van der Waals surface area contributed by atoms with Crippen LogP contribution in [0.5, 0.6) is 0 Å².